The molecule has 3 amide bonds. The lowest BCUT2D eigenvalue weighted by Crippen LogP contribution is -2.47. The van der Waals surface area contributed by atoms with Gasteiger partial charge in [0.1, 0.15) is 11.8 Å². The first-order chi connectivity index (χ1) is 23.0. The summed E-state index contributed by atoms with van der Waals surface area (Å²) >= 11 is 2.69. The molecule has 2 aromatic carbocycles. The van der Waals surface area contributed by atoms with Gasteiger partial charge < -0.3 is 30.0 Å². The average molecular weight is 694 g/mol. The number of amides is 3. The number of thiazole rings is 1. The van der Waals surface area contributed by atoms with E-state index in [1.165, 1.54) is 19.2 Å². The van der Waals surface area contributed by atoms with Crippen molar-refractivity contribution in [2.45, 2.75) is 48.9 Å². The number of aliphatic carboxylic acids is 1. The van der Waals surface area contributed by atoms with Crippen LogP contribution in [0.15, 0.2) is 52.3 Å². The minimum atomic E-state index is -1.20. The number of nitrogens with zero attached hydrogens (tertiary/aromatic N) is 1. The average Bonchev–Trinajstić information content (AvgIpc) is 3.78. The number of imide groups is 1. The molecule has 3 heterocycles. The minimum Gasteiger partial charge on any atom is -0.508 e. The van der Waals surface area contributed by atoms with E-state index in [2.05, 4.69) is 10.3 Å². The molecule has 252 valence electrons. The monoisotopic (exact) mass is 693 g/mol. The maximum absolute atomic E-state index is 14.0. The number of likely N-dealkylation sites (tertiary alicyclic amines) is 1. The first-order valence-corrected chi connectivity index (χ1v) is 17.5. The highest BCUT2D eigenvalue weighted by molar-refractivity contribution is 8.00. The summed E-state index contributed by atoms with van der Waals surface area (Å²) in [5.41, 5.74) is 1.35. The van der Waals surface area contributed by atoms with Crippen LogP contribution in [0.5, 0.6) is 17.2 Å². The first-order valence-electron chi connectivity index (χ1n) is 15.9. The predicted molar refractivity (Wildman–Crippen MR) is 176 cm³/mol. The third-order valence-corrected chi connectivity index (χ3v) is 12.7. The van der Waals surface area contributed by atoms with Crippen molar-refractivity contribution >= 4 is 52.5 Å². The Balaban J connectivity index is 1.18. The van der Waals surface area contributed by atoms with Gasteiger partial charge in [0.25, 0.3) is 5.91 Å². The number of hydrogen-bond acceptors (Lipinski definition) is 10. The second-order valence-corrected chi connectivity index (χ2v) is 15.5. The molecule has 8 atom stereocenters. The molecule has 0 radical (unpaired) electrons. The summed E-state index contributed by atoms with van der Waals surface area (Å²) in [6.45, 7) is 3.45. The number of thioether (sulfide) groups is 1. The van der Waals surface area contributed by atoms with Gasteiger partial charge in [0.05, 0.1) is 24.0 Å². The molecule has 1 aromatic heterocycles. The van der Waals surface area contributed by atoms with Crippen molar-refractivity contribution in [3.63, 3.8) is 0 Å². The number of ether oxygens (including phenoxy) is 2. The molecular formula is C34H35N3O9S2. The highest BCUT2D eigenvalue weighted by atomic mass is 32.2. The van der Waals surface area contributed by atoms with Gasteiger partial charge in [-0.1, -0.05) is 31.3 Å². The molecular weight excluding hydrogens is 659 g/mol. The maximum Gasteiger partial charge on any atom is 0.326 e. The van der Waals surface area contributed by atoms with Gasteiger partial charge in [-0.3, -0.25) is 24.1 Å². The van der Waals surface area contributed by atoms with E-state index in [9.17, 15) is 34.2 Å². The summed E-state index contributed by atoms with van der Waals surface area (Å²) in [4.78, 5) is 70.0. The lowest BCUT2D eigenvalue weighted by Gasteiger charge is -2.43. The predicted octanol–water partition coefficient (Wildman–Crippen LogP) is 4.14. The molecule has 14 heteroatoms. The zero-order chi connectivity index (χ0) is 34.0. The molecule has 2 aliphatic carbocycles. The lowest BCUT2D eigenvalue weighted by atomic mass is 9.68. The van der Waals surface area contributed by atoms with Crippen molar-refractivity contribution in [3.8, 4) is 17.2 Å². The summed E-state index contributed by atoms with van der Waals surface area (Å²) in [6, 6.07) is 10.3. The van der Waals surface area contributed by atoms with Crippen LogP contribution in [0.2, 0.25) is 0 Å². The topological polar surface area (TPSA) is 175 Å². The standard InChI is InChI=1S/C34H35N3O9S2/c1-14(2)10-20(33(42)43)37-31(40)26-18-12-19(27(26)32(37)41)28-25(18)24(29-30(47-28)36-34(44)48-29)15-4-9-21(22(11-15)45-3)46-13-23(39)35-16-5-7-17(38)8-6-16/h4-9,11,14,18-20,24-28,38H,10,12-13H2,1-3H3,(H,35,39)(H,36,44)(H,42,43)/t18?,19?,20?,24-,25?,26?,27?,28?/m1/s1. The molecule has 7 rings (SSSR count). The molecule has 3 aromatic rings. The van der Waals surface area contributed by atoms with Gasteiger partial charge in [-0.15, -0.1) is 11.8 Å². The number of rotatable bonds is 10. The molecule has 4 N–H and O–H groups in total. The van der Waals surface area contributed by atoms with Gasteiger partial charge in [0.2, 0.25) is 11.8 Å². The van der Waals surface area contributed by atoms with Crippen molar-refractivity contribution in [3.05, 3.63) is 62.6 Å². The molecule has 2 aliphatic heterocycles. The molecule has 1 saturated heterocycles. The number of anilines is 1. The molecule has 4 aliphatic rings. The number of benzene rings is 2. The summed E-state index contributed by atoms with van der Waals surface area (Å²) in [6.07, 6.45) is 0.867. The van der Waals surface area contributed by atoms with Crippen LogP contribution in [0.4, 0.5) is 5.69 Å². The Bertz CT molecular complexity index is 1850. The van der Waals surface area contributed by atoms with E-state index in [1.807, 2.05) is 26.0 Å². The van der Waals surface area contributed by atoms with Crippen LogP contribution < -0.4 is 19.7 Å². The van der Waals surface area contributed by atoms with Crippen LogP contribution in [0.1, 0.15) is 43.0 Å². The molecule has 3 fully saturated rings. The van der Waals surface area contributed by atoms with E-state index in [0.29, 0.717) is 23.6 Å². The number of carbonyl (C=O) groups is 4. The zero-order valence-corrected chi connectivity index (χ0v) is 28.0. The van der Waals surface area contributed by atoms with Crippen LogP contribution in [0.3, 0.4) is 0 Å². The number of aromatic amines is 1. The Hall–Kier alpha value is -4.30. The second-order valence-electron chi connectivity index (χ2n) is 13.3. The number of carbonyl (C=O) groups excluding carboxylic acids is 3. The van der Waals surface area contributed by atoms with E-state index in [0.717, 1.165) is 31.7 Å². The van der Waals surface area contributed by atoms with E-state index in [-0.39, 0.29) is 64.4 Å². The number of aromatic hydroxyl groups is 1. The molecule has 2 saturated carbocycles. The fourth-order valence-electron chi connectivity index (χ4n) is 8.37. The second kappa shape index (κ2) is 12.3. The van der Waals surface area contributed by atoms with Crippen molar-refractivity contribution in [1.29, 1.82) is 0 Å². The number of H-pyrrole nitrogens is 1. The Morgan fingerprint density at radius 3 is 2.42 bits per heavy atom. The fourth-order valence-corrected chi connectivity index (χ4v) is 11.3. The highest BCUT2D eigenvalue weighted by Crippen LogP contribution is 2.68. The van der Waals surface area contributed by atoms with Crippen LogP contribution >= 0.6 is 23.1 Å². The third-order valence-electron chi connectivity index (χ3n) is 10.1. The molecule has 48 heavy (non-hydrogen) atoms. The minimum absolute atomic E-state index is 0.0187. The van der Waals surface area contributed by atoms with E-state index >= 15 is 0 Å². The quantitative estimate of drug-likeness (QED) is 0.178. The number of aromatic nitrogens is 1. The van der Waals surface area contributed by atoms with E-state index in [1.54, 1.807) is 30.0 Å². The summed E-state index contributed by atoms with van der Waals surface area (Å²) < 4.78 is 11.5. The number of carboxylic acids is 1. The summed E-state index contributed by atoms with van der Waals surface area (Å²) in [5.74, 6) is -3.41. The Kier molecular flexibility index (Phi) is 8.26. The Labute approximate surface area is 283 Å². The third kappa shape index (κ3) is 5.34. The van der Waals surface area contributed by atoms with Crippen LogP contribution in [-0.4, -0.2) is 68.8 Å². The first kappa shape index (κ1) is 32.3. The molecule has 0 spiro atoms. The Morgan fingerprint density at radius 1 is 1.04 bits per heavy atom. The van der Waals surface area contributed by atoms with Gasteiger partial charge in [-0.25, -0.2) is 4.79 Å². The number of hydrogen-bond donors (Lipinski definition) is 4. The SMILES string of the molecule is COc1cc([C@H]2c3sc(=O)[nH]c3SC3C4CC(C5C(=O)N(C(CC(C)C)C(=O)O)C(=O)C45)C32)ccc1OCC(=O)Nc1ccc(O)cc1. The summed E-state index contributed by atoms with van der Waals surface area (Å²) in [7, 11) is 1.50. The lowest BCUT2D eigenvalue weighted by molar-refractivity contribution is -0.156. The number of fused-ring (bicyclic) bond motifs is 9. The summed E-state index contributed by atoms with van der Waals surface area (Å²) in [5, 5.41) is 22.9. The van der Waals surface area contributed by atoms with E-state index < -0.39 is 35.7 Å². The number of carboxylic acid groups (broad SMARTS) is 1. The van der Waals surface area contributed by atoms with Crippen LogP contribution in [0, 0.1) is 35.5 Å². The fraction of sp³-hybridized carbons (Fsp3) is 0.441. The van der Waals surface area contributed by atoms with Gasteiger partial charge in [-0.05, 0) is 78.5 Å². The normalized spacial score (nSPS) is 27.4. The van der Waals surface area contributed by atoms with E-state index in [4.69, 9.17) is 9.47 Å². The Morgan fingerprint density at radius 2 is 1.75 bits per heavy atom. The molecule has 7 unspecified atom stereocenters. The van der Waals surface area contributed by atoms with Gasteiger partial charge in [0, 0.05) is 21.7 Å². The van der Waals surface area contributed by atoms with Crippen LogP contribution in [0.25, 0.3) is 0 Å². The van der Waals surface area contributed by atoms with Crippen LogP contribution in [-0.2, 0) is 19.2 Å². The molecule has 12 nitrogen and oxygen atoms in total. The smallest absolute Gasteiger partial charge is 0.326 e. The number of methoxy groups -OCH3 is 1. The largest absolute Gasteiger partial charge is 0.508 e. The van der Waals surface area contributed by atoms with Gasteiger partial charge in [0.15, 0.2) is 18.1 Å². The maximum atomic E-state index is 14.0. The van der Waals surface area contributed by atoms with Crippen molar-refractivity contribution in [1.82, 2.24) is 9.88 Å². The van der Waals surface area contributed by atoms with Gasteiger partial charge >= 0.3 is 10.8 Å². The van der Waals surface area contributed by atoms with Crippen molar-refractivity contribution < 1.29 is 38.9 Å². The van der Waals surface area contributed by atoms with Gasteiger partial charge in [-0.2, -0.15) is 0 Å². The van der Waals surface area contributed by atoms with Crippen molar-refractivity contribution in [2.75, 3.05) is 19.0 Å². The number of phenolic OH excluding ortho intramolecular Hbond substituents is 1. The number of nitrogens with one attached hydrogen (secondary N) is 2. The molecule has 2 bridgehead atoms. The van der Waals surface area contributed by atoms with Crippen molar-refractivity contribution in [2.24, 2.45) is 35.5 Å². The zero-order valence-electron chi connectivity index (χ0n) is 26.4. The highest BCUT2D eigenvalue weighted by Gasteiger charge is 2.70. The number of phenols is 1.